The Morgan fingerprint density at radius 2 is 1.70 bits per heavy atom. The number of thioether (sulfide) groups is 1. The molecule has 3 aromatic carbocycles. The molecule has 3 aromatic rings. The van der Waals surface area contributed by atoms with Crippen LogP contribution in [0.3, 0.4) is 0 Å². The van der Waals surface area contributed by atoms with Crippen molar-refractivity contribution in [3.63, 3.8) is 0 Å². The van der Waals surface area contributed by atoms with Gasteiger partial charge in [-0.15, -0.1) is 0 Å². The van der Waals surface area contributed by atoms with E-state index in [1.54, 1.807) is 31.0 Å². The van der Waals surface area contributed by atoms with Crippen molar-refractivity contribution in [2.45, 2.75) is 19.4 Å². The maximum Gasteiger partial charge on any atom is 0.255 e. The number of carbonyl (C=O) groups is 2. The Morgan fingerprint density at radius 3 is 2.46 bits per heavy atom. The lowest BCUT2D eigenvalue weighted by molar-refractivity contribution is -0.113. The number of anilines is 2. The number of hydrogen-bond donors (Lipinski definition) is 2. The van der Waals surface area contributed by atoms with Crippen LogP contribution >= 0.6 is 11.8 Å². The van der Waals surface area contributed by atoms with Crippen molar-refractivity contribution in [1.82, 2.24) is 4.90 Å². The van der Waals surface area contributed by atoms with Crippen LogP contribution in [0.4, 0.5) is 11.4 Å². The van der Waals surface area contributed by atoms with Gasteiger partial charge in [0.1, 0.15) is 5.75 Å². The number of methoxy groups -OCH3 is 1. The van der Waals surface area contributed by atoms with Gasteiger partial charge < -0.3 is 20.3 Å². The van der Waals surface area contributed by atoms with Crippen molar-refractivity contribution in [1.29, 1.82) is 0 Å². The molecule has 2 heterocycles. The summed E-state index contributed by atoms with van der Waals surface area (Å²) >= 11 is 1.71. The van der Waals surface area contributed by atoms with Gasteiger partial charge in [0.05, 0.1) is 24.4 Å². The van der Waals surface area contributed by atoms with Gasteiger partial charge in [-0.1, -0.05) is 42.1 Å². The number of hydrogen-bond acceptors (Lipinski definition) is 6. The molecule has 1 atom stereocenters. The zero-order valence-corrected chi connectivity index (χ0v) is 21.5. The minimum absolute atomic E-state index is 0.179. The molecule has 0 aliphatic carbocycles. The molecule has 1 saturated heterocycles. The first-order valence-corrected chi connectivity index (χ1v) is 13.1. The van der Waals surface area contributed by atoms with Crippen LogP contribution in [0.15, 0.2) is 95.1 Å². The first kappa shape index (κ1) is 24.6. The summed E-state index contributed by atoms with van der Waals surface area (Å²) in [4.78, 5) is 33.4. The maximum absolute atomic E-state index is 13.7. The minimum atomic E-state index is -0.327. The number of allylic oxidation sites excluding steroid dienone is 1. The Morgan fingerprint density at radius 1 is 0.946 bits per heavy atom. The number of ether oxygens (including phenoxy) is 1. The summed E-state index contributed by atoms with van der Waals surface area (Å²) < 4.78 is 5.23. The average molecular weight is 513 g/mol. The van der Waals surface area contributed by atoms with Gasteiger partial charge in [0.2, 0.25) is 0 Å². The summed E-state index contributed by atoms with van der Waals surface area (Å²) in [6, 6.07) is 23.8. The summed E-state index contributed by atoms with van der Waals surface area (Å²) in [5.41, 5.74) is 4.14. The fraction of sp³-hybridized carbons (Fsp3) is 0.207. The van der Waals surface area contributed by atoms with E-state index in [0.29, 0.717) is 28.2 Å². The number of benzene rings is 3. The second-order valence-electron chi connectivity index (χ2n) is 8.82. The molecule has 37 heavy (non-hydrogen) atoms. The monoisotopic (exact) mass is 512 g/mol. The van der Waals surface area contributed by atoms with Gasteiger partial charge in [-0.05, 0) is 67.4 Å². The van der Waals surface area contributed by atoms with E-state index >= 15 is 0 Å². The highest BCUT2D eigenvalue weighted by molar-refractivity contribution is 8.13. The number of nitrogens with zero attached hydrogens (tertiary/aromatic N) is 2. The predicted molar refractivity (Wildman–Crippen MR) is 149 cm³/mol. The quantitative estimate of drug-likeness (QED) is 0.442. The predicted octanol–water partition coefficient (Wildman–Crippen LogP) is 5.71. The molecule has 0 bridgehead atoms. The molecule has 2 aliphatic heterocycles. The highest BCUT2D eigenvalue weighted by Gasteiger charge is 2.37. The standard InChI is InChI=1S/C29H28N4O3S/c1-19-25(28(35)31-22-12-14-24(36-2)15-13-22)26(33-16-7-17-37-29(33)30-19)21-10-6-11-23(18-21)32-27(34)20-8-4-3-5-9-20/h3-6,8-15,18,26H,7,16-17H2,1-2H3,(H,31,35)(H,32,34). The number of rotatable bonds is 6. The van der Waals surface area contributed by atoms with Crippen LogP contribution in [0, 0.1) is 0 Å². The van der Waals surface area contributed by atoms with Crippen molar-refractivity contribution < 1.29 is 14.3 Å². The van der Waals surface area contributed by atoms with Crippen LogP contribution < -0.4 is 15.4 Å². The van der Waals surface area contributed by atoms with Crippen LogP contribution in [-0.2, 0) is 4.79 Å². The van der Waals surface area contributed by atoms with Gasteiger partial charge in [0.15, 0.2) is 5.17 Å². The zero-order valence-electron chi connectivity index (χ0n) is 20.7. The molecular formula is C29H28N4O3S. The summed E-state index contributed by atoms with van der Waals surface area (Å²) in [6.07, 6.45) is 0.997. The van der Waals surface area contributed by atoms with Gasteiger partial charge in [-0.3, -0.25) is 9.59 Å². The third-order valence-corrected chi connectivity index (χ3v) is 7.42. The van der Waals surface area contributed by atoms with Crippen molar-refractivity contribution in [2.75, 3.05) is 30.0 Å². The van der Waals surface area contributed by atoms with Crippen molar-refractivity contribution in [3.05, 3.63) is 101 Å². The number of fused-ring (bicyclic) bond motifs is 1. The molecule has 0 aromatic heterocycles. The van der Waals surface area contributed by atoms with E-state index < -0.39 is 0 Å². The van der Waals surface area contributed by atoms with Crippen molar-refractivity contribution in [3.8, 4) is 5.75 Å². The van der Waals surface area contributed by atoms with Gasteiger partial charge in [0.25, 0.3) is 11.8 Å². The molecular weight excluding hydrogens is 484 g/mol. The van der Waals surface area contributed by atoms with Gasteiger partial charge in [-0.2, -0.15) is 0 Å². The Hall–Kier alpha value is -4.04. The lowest BCUT2D eigenvalue weighted by Crippen LogP contribution is -2.43. The Labute approximate surface area is 220 Å². The summed E-state index contributed by atoms with van der Waals surface area (Å²) in [7, 11) is 1.61. The largest absolute Gasteiger partial charge is 0.497 e. The van der Waals surface area contributed by atoms with Gasteiger partial charge in [0, 0.05) is 29.2 Å². The van der Waals surface area contributed by atoms with Gasteiger partial charge in [-0.25, -0.2) is 4.99 Å². The molecule has 2 aliphatic rings. The van der Waals surface area contributed by atoms with Crippen molar-refractivity contribution in [2.24, 2.45) is 4.99 Å². The van der Waals surface area contributed by atoms with E-state index in [2.05, 4.69) is 15.5 Å². The summed E-state index contributed by atoms with van der Waals surface area (Å²) in [5, 5.41) is 6.95. The number of aliphatic imine (C=N–C) groups is 1. The molecule has 7 nitrogen and oxygen atoms in total. The highest BCUT2D eigenvalue weighted by atomic mass is 32.2. The average Bonchev–Trinajstić information content (AvgIpc) is 2.93. The molecule has 5 rings (SSSR count). The van der Waals surface area contributed by atoms with E-state index in [4.69, 9.17) is 9.73 Å². The smallest absolute Gasteiger partial charge is 0.255 e. The molecule has 1 fully saturated rings. The molecule has 188 valence electrons. The van der Waals surface area contributed by atoms with E-state index in [1.807, 2.05) is 73.7 Å². The number of amides is 2. The third-order valence-electron chi connectivity index (χ3n) is 6.35. The Bertz CT molecular complexity index is 1370. The van der Waals surface area contributed by atoms with Gasteiger partial charge >= 0.3 is 0 Å². The van der Waals surface area contributed by atoms with E-state index in [0.717, 1.165) is 35.2 Å². The maximum atomic E-state index is 13.7. The number of nitrogens with one attached hydrogen (secondary N) is 2. The molecule has 2 N–H and O–H groups in total. The van der Waals surface area contributed by atoms with E-state index in [1.165, 1.54) is 0 Å². The fourth-order valence-corrected chi connectivity index (χ4v) is 5.58. The normalized spacial score (nSPS) is 17.0. The number of amidine groups is 1. The van der Waals surface area contributed by atoms with Crippen LogP contribution in [-0.4, -0.2) is 41.3 Å². The molecule has 8 heteroatoms. The Balaban J connectivity index is 1.47. The third kappa shape index (κ3) is 5.39. The lowest BCUT2D eigenvalue weighted by Gasteiger charge is -2.41. The van der Waals surface area contributed by atoms with E-state index in [9.17, 15) is 9.59 Å². The first-order valence-electron chi connectivity index (χ1n) is 12.1. The van der Waals surface area contributed by atoms with Crippen LogP contribution in [0.2, 0.25) is 0 Å². The molecule has 0 spiro atoms. The number of carbonyl (C=O) groups excluding carboxylic acids is 2. The highest BCUT2D eigenvalue weighted by Crippen LogP contribution is 2.40. The van der Waals surface area contributed by atoms with Crippen molar-refractivity contribution >= 4 is 40.1 Å². The lowest BCUT2D eigenvalue weighted by atomic mass is 9.93. The molecule has 1 unspecified atom stereocenters. The summed E-state index contributed by atoms with van der Waals surface area (Å²) in [6.45, 7) is 2.68. The second kappa shape index (κ2) is 10.9. The molecule has 2 amide bonds. The fourth-order valence-electron chi connectivity index (χ4n) is 4.56. The van der Waals surface area contributed by atoms with E-state index in [-0.39, 0.29) is 17.9 Å². The first-order chi connectivity index (χ1) is 18.0. The second-order valence-corrected chi connectivity index (χ2v) is 9.88. The molecule has 0 radical (unpaired) electrons. The van der Waals surface area contributed by atoms with Crippen LogP contribution in [0.25, 0.3) is 0 Å². The molecule has 0 saturated carbocycles. The van der Waals surface area contributed by atoms with Crippen LogP contribution in [0.1, 0.15) is 35.3 Å². The minimum Gasteiger partial charge on any atom is -0.497 e. The zero-order chi connectivity index (χ0) is 25.8. The summed E-state index contributed by atoms with van der Waals surface area (Å²) in [5.74, 6) is 1.33. The Kier molecular flexibility index (Phi) is 7.28. The SMILES string of the molecule is COc1ccc(NC(=O)C2=C(C)N=C3SCCCN3C2c2cccc(NC(=O)c3ccccc3)c2)cc1. The van der Waals surface area contributed by atoms with Crippen LogP contribution in [0.5, 0.6) is 5.75 Å². The topological polar surface area (TPSA) is 83.0 Å².